The van der Waals surface area contributed by atoms with Crippen molar-refractivity contribution < 1.29 is 0 Å². The minimum atomic E-state index is 0.455. The van der Waals surface area contributed by atoms with E-state index in [2.05, 4.69) is 53.2 Å². The summed E-state index contributed by atoms with van der Waals surface area (Å²) in [4.78, 5) is 4.78. The van der Waals surface area contributed by atoms with Crippen LogP contribution in [0.5, 0.6) is 0 Å². The summed E-state index contributed by atoms with van der Waals surface area (Å²) >= 11 is 6.34. The third-order valence-electron chi connectivity index (χ3n) is 8.08. The molecule has 4 aliphatic rings. The molecule has 4 aliphatic carbocycles. The van der Waals surface area contributed by atoms with Gasteiger partial charge in [-0.2, -0.15) is 0 Å². The van der Waals surface area contributed by atoms with E-state index in [9.17, 15) is 0 Å². The standard InChI is InChI=1S/C28H29ClN2/c1-19-4-9-25(14-27(19)29)31-10-2-3-26(31)18-30-24-7-5-23(6-8-24)28-15-20-11-21(16-28)13-22(12-20)17-28/h2-10,14,18,20-22H,11-13,15-17H2,1H3. The molecule has 2 aromatic carbocycles. The van der Waals surface area contributed by atoms with E-state index in [0.29, 0.717) is 5.41 Å². The van der Waals surface area contributed by atoms with Gasteiger partial charge in [-0.15, -0.1) is 0 Å². The maximum absolute atomic E-state index is 6.34. The zero-order valence-corrected chi connectivity index (χ0v) is 18.9. The Labute approximate surface area is 190 Å². The second-order valence-corrected chi connectivity index (χ2v) is 10.6. The maximum Gasteiger partial charge on any atom is 0.0639 e. The smallest absolute Gasteiger partial charge is 0.0639 e. The number of hydrogen-bond donors (Lipinski definition) is 0. The van der Waals surface area contributed by atoms with E-state index in [0.717, 1.165) is 45.4 Å². The summed E-state index contributed by atoms with van der Waals surface area (Å²) in [7, 11) is 0. The molecule has 31 heavy (non-hydrogen) atoms. The molecule has 0 N–H and O–H groups in total. The monoisotopic (exact) mass is 428 g/mol. The molecule has 4 saturated carbocycles. The van der Waals surface area contributed by atoms with E-state index < -0.39 is 0 Å². The number of nitrogens with zero attached hydrogens (tertiary/aromatic N) is 2. The van der Waals surface area contributed by atoms with E-state index in [1.54, 1.807) is 5.56 Å². The number of aliphatic imine (C=N–C) groups is 1. The van der Waals surface area contributed by atoms with E-state index in [-0.39, 0.29) is 0 Å². The molecule has 7 rings (SSSR count). The topological polar surface area (TPSA) is 17.3 Å². The normalized spacial score (nSPS) is 29.2. The number of aryl methyl sites for hydroxylation is 1. The van der Waals surface area contributed by atoms with Crippen LogP contribution in [0.1, 0.15) is 55.3 Å². The first-order valence-electron chi connectivity index (χ1n) is 11.7. The lowest BCUT2D eigenvalue weighted by atomic mass is 9.48. The highest BCUT2D eigenvalue weighted by Crippen LogP contribution is 2.60. The number of hydrogen-bond acceptors (Lipinski definition) is 1. The molecule has 3 heteroatoms. The number of aromatic nitrogens is 1. The summed E-state index contributed by atoms with van der Waals surface area (Å²) in [6.45, 7) is 2.03. The van der Waals surface area contributed by atoms with Crippen molar-refractivity contribution >= 4 is 23.5 Å². The van der Waals surface area contributed by atoms with Crippen LogP contribution in [0.4, 0.5) is 5.69 Å². The van der Waals surface area contributed by atoms with Crippen LogP contribution in [0, 0.1) is 24.7 Å². The van der Waals surface area contributed by atoms with Crippen LogP contribution in [0.15, 0.2) is 65.8 Å². The fraction of sp³-hybridized carbons (Fsp3) is 0.393. The molecule has 4 fully saturated rings. The van der Waals surface area contributed by atoms with Gasteiger partial charge in [-0.05, 0) is 116 Å². The minimum absolute atomic E-state index is 0.455. The minimum Gasteiger partial charge on any atom is -0.316 e. The lowest BCUT2D eigenvalue weighted by Crippen LogP contribution is -2.48. The molecule has 0 spiro atoms. The lowest BCUT2D eigenvalue weighted by Gasteiger charge is -2.57. The SMILES string of the molecule is Cc1ccc(-n2cccc2C=Nc2ccc(C34CC5CC(CC(C5)C3)C4)cc2)cc1Cl. The number of halogens is 1. The highest BCUT2D eigenvalue weighted by atomic mass is 35.5. The molecule has 0 amide bonds. The van der Waals surface area contributed by atoms with Gasteiger partial charge < -0.3 is 4.57 Å². The van der Waals surface area contributed by atoms with Crippen molar-refractivity contribution in [1.29, 1.82) is 0 Å². The van der Waals surface area contributed by atoms with E-state index in [4.69, 9.17) is 16.6 Å². The Balaban J connectivity index is 1.23. The summed E-state index contributed by atoms with van der Waals surface area (Å²) in [5, 5.41) is 0.786. The molecular formula is C28H29ClN2. The van der Waals surface area contributed by atoms with Crippen LogP contribution in [-0.2, 0) is 5.41 Å². The Morgan fingerprint density at radius 1 is 0.935 bits per heavy atom. The molecule has 1 heterocycles. The van der Waals surface area contributed by atoms with Crippen molar-refractivity contribution in [2.75, 3.05) is 0 Å². The van der Waals surface area contributed by atoms with Gasteiger partial charge in [0.1, 0.15) is 0 Å². The highest BCUT2D eigenvalue weighted by molar-refractivity contribution is 6.31. The highest BCUT2D eigenvalue weighted by Gasteiger charge is 2.51. The van der Waals surface area contributed by atoms with Crippen molar-refractivity contribution in [3.8, 4) is 5.69 Å². The van der Waals surface area contributed by atoms with E-state index in [1.165, 1.54) is 38.5 Å². The fourth-order valence-corrected chi connectivity index (χ4v) is 7.15. The van der Waals surface area contributed by atoms with Gasteiger partial charge in [0.05, 0.1) is 17.6 Å². The quantitative estimate of drug-likeness (QED) is 0.379. The van der Waals surface area contributed by atoms with Gasteiger partial charge in [0.2, 0.25) is 0 Å². The molecule has 0 unspecified atom stereocenters. The average Bonchev–Trinajstić information content (AvgIpc) is 3.22. The van der Waals surface area contributed by atoms with Crippen LogP contribution in [0.25, 0.3) is 5.69 Å². The van der Waals surface area contributed by atoms with Crippen molar-refractivity contribution in [2.24, 2.45) is 22.7 Å². The first kappa shape index (κ1) is 19.4. The Bertz CT molecular complexity index is 1100. The number of rotatable bonds is 4. The first-order valence-corrected chi connectivity index (χ1v) is 12.0. The molecule has 1 aromatic heterocycles. The van der Waals surface area contributed by atoms with Crippen molar-refractivity contribution in [3.63, 3.8) is 0 Å². The van der Waals surface area contributed by atoms with Gasteiger partial charge in [0.15, 0.2) is 0 Å². The third-order valence-corrected chi connectivity index (χ3v) is 8.48. The second kappa shape index (κ2) is 7.38. The lowest BCUT2D eigenvalue weighted by molar-refractivity contribution is -0.00518. The predicted molar refractivity (Wildman–Crippen MR) is 129 cm³/mol. The predicted octanol–water partition coefficient (Wildman–Crippen LogP) is 7.66. The van der Waals surface area contributed by atoms with Gasteiger partial charge in [-0.25, -0.2) is 0 Å². The summed E-state index contributed by atoms with van der Waals surface area (Å²) in [5.41, 5.74) is 6.22. The Hall–Kier alpha value is -2.32. The first-order chi connectivity index (χ1) is 15.1. The van der Waals surface area contributed by atoms with Crippen LogP contribution >= 0.6 is 11.6 Å². The van der Waals surface area contributed by atoms with E-state index >= 15 is 0 Å². The summed E-state index contributed by atoms with van der Waals surface area (Å²) in [5.74, 6) is 2.94. The van der Waals surface area contributed by atoms with Gasteiger partial charge in [0, 0.05) is 16.9 Å². The Morgan fingerprint density at radius 2 is 1.61 bits per heavy atom. The average molecular weight is 429 g/mol. The van der Waals surface area contributed by atoms with Crippen LogP contribution in [-0.4, -0.2) is 10.8 Å². The van der Waals surface area contributed by atoms with Gasteiger partial charge in [-0.3, -0.25) is 4.99 Å². The van der Waals surface area contributed by atoms with E-state index in [1.807, 2.05) is 25.3 Å². The zero-order valence-electron chi connectivity index (χ0n) is 18.1. The van der Waals surface area contributed by atoms with Crippen LogP contribution < -0.4 is 0 Å². The van der Waals surface area contributed by atoms with Crippen molar-refractivity contribution in [1.82, 2.24) is 4.57 Å². The Kier molecular flexibility index (Phi) is 4.61. The molecule has 0 saturated heterocycles. The summed E-state index contributed by atoms with van der Waals surface area (Å²) < 4.78 is 2.12. The number of benzene rings is 2. The Morgan fingerprint density at radius 3 is 2.26 bits per heavy atom. The van der Waals surface area contributed by atoms with Gasteiger partial charge in [0.25, 0.3) is 0 Å². The van der Waals surface area contributed by atoms with Crippen molar-refractivity contribution in [3.05, 3.63) is 82.6 Å². The molecular weight excluding hydrogens is 400 g/mol. The summed E-state index contributed by atoms with van der Waals surface area (Å²) in [6, 6.07) is 19.4. The molecule has 3 aromatic rings. The summed E-state index contributed by atoms with van der Waals surface area (Å²) in [6.07, 6.45) is 12.7. The molecule has 4 bridgehead atoms. The maximum atomic E-state index is 6.34. The zero-order chi connectivity index (χ0) is 21.0. The third kappa shape index (κ3) is 3.46. The van der Waals surface area contributed by atoms with Crippen LogP contribution in [0.2, 0.25) is 5.02 Å². The second-order valence-electron chi connectivity index (χ2n) is 10.2. The molecule has 0 atom stereocenters. The van der Waals surface area contributed by atoms with Gasteiger partial charge >= 0.3 is 0 Å². The van der Waals surface area contributed by atoms with Crippen LogP contribution in [0.3, 0.4) is 0 Å². The molecule has 2 nitrogen and oxygen atoms in total. The molecule has 0 aliphatic heterocycles. The fourth-order valence-electron chi connectivity index (χ4n) is 6.97. The molecule has 0 radical (unpaired) electrons. The van der Waals surface area contributed by atoms with Crippen molar-refractivity contribution in [2.45, 2.75) is 50.9 Å². The van der Waals surface area contributed by atoms with Gasteiger partial charge in [-0.1, -0.05) is 29.8 Å². The molecule has 158 valence electrons. The largest absolute Gasteiger partial charge is 0.316 e.